The van der Waals surface area contributed by atoms with Gasteiger partial charge in [0.05, 0.1) is 5.92 Å². The topological polar surface area (TPSA) is 26.8 Å². The Morgan fingerprint density at radius 2 is 1.17 bits per heavy atom. The number of rotatable bonds is 7. The summed E-state index contributed by atoms with van der Waals surface area (Å²) in [6.45, 7) is 5.19. The Morgan fingerprint density at radius 1 is 0.722 bits per heavy atom. The van der Waals surface area contributed by atoms with E-state index >= 15 is 0 Å². The summed E-state index contributed by atoms with van der Waals surface area (Å²) in [5, 5.41) is 0. The molecule has 36 heavy (non-hydrogen) atoms. The fourth-order valence-electron chi connectivity index (χ4n) is 6.05. The van der Waals surface area contributed by atoms with Crippen LogP contribution < -0.4 is 0 Å². The van der Waals surface area contributed by atoms with Gasteiger partial charge in [0.25, 0.3) is 0 Å². The third-order valence-corrected chi connectivity index (χ3v) is 8.05. The summed E-state index contributed by atoms with van der Waals surface area (Å²) in [6.07, 6.45) is 4.20. The lowest BCUT2D eigenvalue weighted by Gasteiger charge is -2.46. The van der Waals surface area contributed by atoms with Crippen molar-refractivity contribution in [1.29, 1.82) is 0 Å². The molecule has 188 valence electrons. The molecular formula is C32H39N3O. The number of benzene rings is 3. The van der Waals surface area contributed by atoms with Crippen molar-refractivity contribution >= 4 is 5.91 Å². The Bertz CT molecular complexity index is 1030. The highest BCUT2D eigenvalue weighted by Gasteiger charge is 2.38. The molecule has 0 N–H and O–H groups in total. The Morgan fingerprint density at radius 3 is 1.67 bits per heavy atom. The van der Waals surface area contributed by atoms with Gasteiger partial charge in [-0.15, -0.1) is 0 Å². The quantitative estimate of drug-likeness (QED) is 0.452. The molecule has 0 atom stereocenters. The zero-order chi connectivity index (χ0) is 24.7. The molecule has 4 nitrogen and oxygen atoms in total. The van der Waals surface area contributed by atoms with E-state index in [1.165, 1.54) is 5.56 Å². The van der Waals surface area contributed by atoms with Gasteiger partial charge in [-0.25, -0.2) is 0 Å². The van der Waals surface area contributed by atoms with E-state index in [9.17, 15) is 4.79 Å². The van der Waals surface area contributed by atoms with Crippen LogP contribution in [0.15, 0.2) is 91.0 Å². The van der Waals surface area contributed by atoms with E-state index < -0.39 is 0 Å². The van der Waals surface area contributed by atoms with E-state index in [4.69, 9.17) is 0 Å². The van der Waals surface area contributed by atoms with Gasteiger partial charge in [0.2, 0.25) is 5.91 Å². The largest absolute Gasteiger partial charge is 0.336 e. The molecule has 1 amide bonds. The maximum absolute atomic E-state index is 14.6. The minimum Gasteiger partial charge on any atom is -0.336 e. The van der Waals surface area contributed by atoms with Crippen molar-refractivity contribution in [3.63, 3.8) is 0 Å². The van der Waals surface area contributed by atoms with Gasteiger partial charge in [-0.2, -0.15) is 0 Å². The molecule has 3 aromatic rings. The number of hydrogen-bond acceptors (Lipinski definition) is 3. The van der Waals surface area contributed by atoms with Crippen molar-refractivity contribution in [2.45, 2.75) is 50.2 Å². The van der Waals surface area contributed by atoms with Crippen molar-refractivity contribution in [3.05, 3.63) is 108 Å². The number of nitrogens with zero attached hydrogens (tertiary/aromatic N) is 3. The van der Waals surface area contributed by atoms with Gasteiger partial charge in [0.15, 0.2) is 0 Å². The zero-order valence-corrected chi connectivity index (χ0v) is 21.5. The van der Waals surface area contributed by atoms with Crippen LogP contribution >= 0.6 is 0 Å². The van der Waals surface area contributed by atoms with Gasteiger partial charge in [-0.3, -0.25) is 9.69 Å². The summed E-state index contributed by atoms with van der Waals surface area (Å²) in [6, 6.07) is 32.1. The van der Waals surface area contributed by atoms with Crippen LogP contribution in [0.4, 0.5) is 0 Å². The lowest BCUT2D eigenvalue weighted by atomic mass is 9.87. The molecule has 0 saturated carbocycles. The number of hydrogen-bond donors (Lipinski definition) is 0. The number of carbonyl (C=O) groups excluding carboxylic acids is 1. The van der Waals surface area contributed by atoms with Gasteiger partial charge in [-0.05, 0) is 62.5 Å². The predicted octanol–water partition coefficient (Wildman–Crippen LogP) is 5.41. The maximum atomic E-state index is 14.6. The third kappa shape index (κ3) is 5.88. The Kier molecular flexibility index (Phi) is 8.15. The number of piperidine rings is 2. The van der Waals surface area contributed by atoms with Crippen molar-refractivity contribution < 1.29 is 4.79 Å². The molecule has 2 aliphatic heterocycles. The molecule has 0 spiro atoms. The Balaban J connectivity index is 1.39. The average Bonchev–Trinajstić information content (AvgIpc) is 2.93. The second-order valence-electron chi connectivity index (χ2n) is 10.5. The molecule has 0 aliphatic carbocycles. The van der Waals surface area contributed by atoms with E-state index in [2.05, 4.69) is 101 Å². The molecule has 3 aromatic carbocycles. The highest BCUT2D eigenvalue weighted by atomic mass is 16.2. The van der Waals surface area contributed by atoms with Crippen LogP contribution in [0.3, 0.4) is 0 Å². The van der Waals surface area contributed by atoms with E-state index in [-0.39, 0.29) is 11.8 Å². The molecule has 2 heterocycles. The molecular weight excluding hydrogens is 442 g/mol. The number of carbonyl (C=O) groups is 1. The first-order valence-corrected chi connectivity index (χ1v) is 13.6. The van der Waals surface area contributed by atoms with Crippen LogP contribution in [0.5, 0.6) is 0 Å². The lowest BCUT2D eigenvalue weighted by Crippen LogP contribution is -2.55. The summed E-state index contributed by atoms with van der Waals surface area (Å²) in [5.74, 6) is 0.0258. The summed E-state index contributed by atoms with van der Waals surface area (Å²) in [4.78, 5) is 21.9. The second kappa shape index (κ2) is 11.9. The first kappa shape index (κ1) is 24.7. The van der Waals surface area contributed by atoms with E-state index in [0.29, 0.717) is 12.1 Å². The second-order valence-corrected chi connectivity index (χ2v) is 10.5. The summed E-state index contributed by atoms with van der Waals surface area (Å²) in [7, 11) is 2.20. The minimum absolute atomic E-state index is 0.255. The van der Waals surface area contributed by atoms with Gasteiger partial charge in [0.1, 0.15) is 0 Å². The minimum atomic E-state index is -0.255. The standard InChI is InChI=1S/C32H39N3O/c1-33-21-17-29(18-22-33)35(30-19-23-34(24-20-30)25-26-11-5-2-6-12-26)32(36)31(27-13-7-3-8-14-27)28-15-9-4-10-16-28/h2-16,29-31H,17-25H2,1H3. The fourth-order valence-corrected chi connectivity index (χ4v) is 6.05. The number of amides is 1. The molecule has 4 heteroatoms. The van der Waals surface area contributed by atoms with Crippen LogP contribution in [0.2, 0.25) is 0 Å². The SMILES string of the molecule is CN1CCC(N(C(=O)C(c2ccccc2)c2ccccc2)C2CCN(Cc3ccccc3)CC2)CC1. The van der Waals surface area contributed by atoms with E-state index in [1.807, 2.05) is 12.1 Å². The molecule has 0 bridgehead atoms. The van der Waals surface area contributed by atoms with Gasteiger partial charge >= 0.3 is 0 Å². The highest BCUT2D eigenvalue weighted by Crippen LogP contribution is 2.33. The van der Waals surface area contributed by atoms with Gasteiger partial charge in [-0.1, -0.05) is 91.0 Å². The first-order chi connectivity index (χ1) is 17.7. The third-order valence-electron chi connectivity index (χ3n) is 8.05. The van der Waals surface area contributed by atoms with E-state index in [0.717, 1.165) is 69.5 Å². The van der Waals surface area contributed by atoms with Crippen LogP contribution in [0, 0.1) is 0 Å². The lowest BCUT2D eigenvalue weighted by molar-refractivity contribution is -0.139. The zero-order valence-electron chi connectivity index (χ0n) is 21.5. The first-order valence-electron chi connectivity index (χ1n) is 13.6. The highest BCUT2D eigenvalue weighted by molar-refractivity contribution is 5.87. The number of likely N-dealkylation sites (tertiary alicyclic amines) is 2. The predicted molar refractivity (Wildman–Crippen MR) is 147 cm³/mol. The van der Waals surface area contributed by atoms with Crippen LogP contribution in [-0.4, -0.2) is 65.9 Å². The molecule has 5 rings (SSSR count). The normalized spacial score (nSPS) is 18.4. The Labute approximate surface area is 216 Å². The average molecular weight is 482 g/mol. The molecule has 2 fully saturated rings. The van der Waals surface area contributed by atoms with E-state index in [1.54, 1.807) is 0 Å². The molecule has 0 aromatic heterocycles. The van der Waals surface area contributed by atoms with Crippen molar-refractivity contribution in [1.82, 2.24) is 14.7 Å². The smallest absolute Gasteiger partial charge is 0.235 e. The monoisotopic (exact) mass is 481 g/mol. The molecule has 0 radical (unpaired) electrons. The molecule has 2 saturated heterocycles. The van der Waals surface area contributed by atoms with Gasteiger partial charge in [0, 0.05) is 31.7 Å². The van der Waals surface area contributed by atoms with Crippen molar-refractivity contribution in [3.8, 4) is 0 Å². The van der Waals surface area contributed by atoms with Crippen molar-refractivity contribution in [2.75, 3.05) is 33.2 Å². The summed E-state index contributed by atoms with van der Waals surface area (Å²) in [5.41, 5.74) is 3.55. The fraction of sp³-hybridized carbons (Fsp3) is 0.406. The summed E-state index contributed by atoms with van der Waals surface area (Å²) >= 11 is 0. The van der Waals surface area contributed by atoms with Crippen LogP contribution in [0.1, 0.15) is 48.3 Å². The van der Waals surface area contributed by atoms with Crippen LogP contribution in [0.25, 0.3) is 0 Å². The van der Waals surface area contributed by atoms with Crippen molar-refractivity contribution in [2.24, 2.45) is 0 Å². The Hall–Kier alpha value is -2.95. The maximum Gasteiger partial charge on any atom is 0.235 e. The van der Waals surface area contributed by atoms with Crippen LogP contribution in [-0.2, 0) is 11.3 Å². The molecule has 2 aliphatic rings. The van der Waals surface area contributed by atoms with Gasteiger partial charge < -0.3 is 9.80 Å². The summed E-state index contributed by atoms with van der Waals surface area (Å²) < 4.78 is 0. The molecule has 0 unspecified atom stereocenters.